The molecule has 13 heavy (non-hydrogen) atoms. The minimum Gasteiger partial charge on any atom is -0.442 e. The highest BCUT2D eigenvalue weighted by atomic mass is 35.5. The monoisotopic (exact) mass is 215 g/mol. The van der Waals surface area contributed by atoms with Crippen LogP contribution in [0.25, 0.3) is 10.6 Å². The lowest BCUT2D eigenvalue weighted by Crippen LogP contribution is -1.84. The number of aliphatic hydroxyl groups excluding tert-OH is 1. The van der Waals surface area contributed by atoms with Gasteiger partial charge in [0.2, 0.25) is 0 Å². The van der Waals surface area contributed by atoms with E-state index < -0.39 is 0 Å². The largest absolute Gasteiger partial charge is 0.442 e. The van der Waals surface area contributed by atoms with Crippen LogP contribution >= 0.6 is 22.9 Å². The van der Waals surface area contributed by atoms with Gasteiger partial charge in [0.25, 0.3) is 0 Å². The molecule has 0 unspecified atom stereocenters. The van der Waals surface area contributed by atoms with E-state index in [1.165, 1.54) is 17.7 Å². The molecule has 0 atom stereocenters. The van der Waals surface area contributed by atoms with Crippen LogP contribution in [0.5, 0.6) is 0 Å². The van der Waals surface area contributed by atoms with E-state index in [0.29, 0.717) is 16.5 Å². The maximum atomic E-state index is 8.94. The molecule has 0 aliphatic carbocycles. The number of thiophene rings is 1. The number of nitrogens with zero attached hydrogens (tertiary/aromatic N) is 1. The molecular formula is C8H6ClNO2S. The molecule has 0 fully saturated rings. The fourth-order valence-electron chi connectivity index (χ4n) is 1.02. The minimum atomic E-state index is -0.139. The maximum absolute atomic E-state index is 8.94. The Labute approximate surface area is 83.6 Å². The third kappa shape index (κ3) is 1.48. The third-order valence-electron chi connectivity index (χ3n) is 1.61. The minimum absolute atomic E-state index is 0.139. The second kappa shape index (κ2) is 3.49. The van der Waals surface area contributed by atoms with Crippen LogP contribution in [-0.4, -0.2) is 10.1 Å². The number of hydrogen-bond donors (Lipinski definition) is 1. The number of rotatable bonds is 2. The average Bonchev–Trinajstić information content (AvgIpc) is 2.71. The van der Waals surface area contributed by atoms with Gasteiger partial charge in [-0.15, -0.1) is 11.3 Å². The average molecular weight is 216 g/mol. The molecule has 2 aromatic rings. The number of oxazole rings is 1. The summed E-state index contributed by atoms with van der Waals surface area (Å²) in [5.74, 6) is 0.558. The van der Waals surface area contributed by atoms with Gasteiger partial charge >= 0.3 is 0 Å². The Morgan fingerprint density at radius 1 is 1.62 bits per heavy atom. The highest BCUT2D eigenvalue weighted by molar-refractivity contribution is 7.14. The summed E-state index contributed by atoms with van der Waals surface area (Å²) in [5, 5.41) is 11.4. The first-order chi connectivity index (χ1) is 6.33. The Balaban J connectivity index is 2.52. The predicted molar refractivity (Wildman–Crippen MR) is 50.7 cm³/mol. The van der Waals surface area contributed by atoms with Gasteiger partial charge in [0, 0.05) is 0 Å². The van der Waals surface area contributed by atoms with Crippen molar-refractivity contribution in [3.8, 4) is 10.6 Å². The molecule has 0 saturated heterocycles. The van der Waals surface area contributed by atoms with Crippen LogP contribution in [-0.2, 0) is 6.61 Å². The number of aliphatic hydroxyl groups is 1. The Hall–Kier alpha value is -0.840. The molecule has 0 bridgehead atoms. The van der Waals surface area contributed by atoms with Crippen molar-refractivity contribution in [2.45, 2.75) is 6.61 Å². The molecule has 68 valence electrons. The summed E-state index contributed by atoms with van der Waals surface area (Å²) in [6, 6.07) is 1.78. The molecule has 1 N–H and O–H groups in total. The van der Waals surface area contributed by atoms with Gasteiger partial charge in [0.1, 0.15) is 5.69 Å². The first-order valence-corrected chi connectivity index (χ1v) is 4.85. The van der Waals surface area contributed by atoms with Crippen LogP contribution in [0.2, 0.25) is 5.02 Å². The predicted octanol–water partition coefficient (Wildman–Crippen LogP) is 2.55. The summed E-state index contributed by atoms with van der Waals surface area (Å²) in [5.41, 5.74) is 0.518. The zero-order valence-corrected chi connectivity index (χ0v) is 8.10. The van der Waals surface area contributed by atoms with Crippen LogP contribution in [0.15, 0.2) is 22.3 Å². The van der Waals surface area contributed by atoms with E-state index in [1.807, 2.05) is 5.38 Å². The SMILES string of the molecule is OCc1ncoc1-c1sccc1Cl. The lowest BCUT2D eigenvalue weighted by Gasteiger charge is -1.94. The van der Waals surface area contributed by atoms with Crippen LogP contribution in [0, 0.1) is 0 Å². The van der Waals surface area contributed by atoms with E-state index in [9.17, 15) is 0 Å². The second-order valence-corrected chi connectivity index (χ2v) is 3.71. The zero-order valence-electron chi connectivity index (χ0n) is 6.53. The Morgan fingerprint density at radius 3 is 3.08 bits per heavy atom. The molecule has 3 nitrogen and oxygen atoms in total. The highest BCUT2D eigenvalue weighted by Gasteiger charge is 2.13. The summed E-state index contributed by atoms with van der Waals surface area (Å²) in [7, 11) is 0. The van der Waals surface area contributed by atoms with Crippen LogP contribution in [0.1, 0.15) is 5.69 Å². The Morgan fingerprint density at radius 2 is 2.46 bits per heavy atom. The fourth-order valence-corrected chi connectivity index (χ4v) is 2.17. The van der Waals surface area contributed by atoms with Gasteiger partial charge in [-0.2, -0.15) is 0 Å². The summed E-state index contributed by atoms with van der Waals surface area (Å²) in [6.07, 6.45) is 1.30. The van der Waals surface area contributed by atoms with Crippen molar-refractivity contribution in [1.29, 1.82) is 0 Å². The zero-order chi connectivity index (χ0) is 9.26. The second-order valence-electron chi connectivity index (χ2n) is 2.38. The van der Waals surface area contributed by atoms with Gasteiger partial charge in [-0.05, 0) is 11.4 Å². The summed E-state index contributed by atoms with van der Waals surface area (Å²) < 4.78 is 5.14. The highest BCUT2D eigenvalue weighted by Crippen LogP contribution is 2.34. The van der Waals surface area contributed by atoms with Crippen molar-refractivity contribution < 1.29 is 9.52 Å². The Bertz CT molecular complexity index is 410. The summed E-state index contributed by atoms with van der Waals surface area (Å²) >= 11 is 7.36. The van der Waals surface area contributed by atoms with Crippen molar-refractivity contribution >= 4 is 22.9 Å². The first-order valence-electron chi connectivity index (χ1n) is 3.59. The summed E-state index contributed by atoms with van der Waals surface area (Å²) in [6.45, 7) is -0.139. The lowest BCUT2D eigenvalue weighted by atomic mass is 10.3. The van der Waals surface area contributed by atoms with E-state index in [0.717, 1.165) is 4.88 Å². The Kier molecular flexibility index (Phi) is 2.35. The number of halogens is 1. The molecule has 0 aliphatic rings. The van der Waals surface area contributed by atoms with Gasteiger partial charge in [-0.25, -0.2) is 4.98 Å². The molecule has 2 heterocycles. The molecule has 2 rings (SSSR count). The van der Waals surface area contributed by atoms with Crippen molar-refractivity contribution in [2.75, 3.05) is 0 Å². The number of hydrogen-bond acceptors (Lipinski definition) is 4. The van der Waals surface area contributed by atoms with Crippen LogP contribution < -0.4 is 0 Å². The fraction of sp³-hybridized carbons (Fsp3) is 0.125. The molecule has 0 amide bonds. The van der Waals surface area contributed by atoms with Crippen molar-refractivity contribution in [3.05, 3.63) is 28.6 Å². The van der Waals surface area contributed by atoms with E-state index >= 15 is 0 Å². The quantitative estimate of drug-likeness (QED) is 0.838. The first kappa shape index (κ1) is 8.74. The van der Waals surface area contributed by atoms with Gasteiger partial charge in [-0.3, -0.25) is 0 Å². The van der Waals surface area contributed by atoms with Crippen molar-refractivity contribution in [1.82, 2.24) is 4.98 Å². The standard InChI is InChI=1S/C8H6ClNO2S/c9-5-1-2-13-8(5)7-6(3-11)10-4-12-7/h1-2,4,11H,3H2. The van der Waals surface area contributed by atoms with E-state index in [2.05, 4.69) is 4.98 Å². The van der Waals surface area contributed by atoms with Gasteiger partial charge in [0.05, 0.1) is 16.5 Å². The third-order valence-corrected chi connectivity index (χ3v) is 2.95. The van der Waals surface area contributed by atoms with E-state index in [-0.39, 0.29) is 6.61 Å². The van der Waals surface area contributed by atoms with Crippen molar-refractivity contribution in [2.24, 2.45) is 0 Å². The molecule has 0 aromatic carbocycles. The molecule has 2 aromatic heterocycles. The van der Waals surface area contributed by atoms with Crippen LogP contribution in [0.3, 0.4) is 0 Å². The normalized spacial score (nSPS) is 10.6. The molecule has 0 spiro atoms. The summed E-state index contributed by atoms with van der Waals surface area (Å²) in [4.78, 5) is 4.67. The van der Waals surface area contributed by atoms with E-state index in [1.54, 1.807) is 6.07 Å². The maximum Gasteiger partial charge on any atom is 0.181 e. The van der Waals surface area contributed by atoms with Gasteiger partial charge < -0.3 is 9.52 Å². The van der Waals surface area contributed by atoms with Crippen molar-refractivity contribution in [3.63, 3.8) is 0 Å². The lowest BCUT2D eigenvalue weighted by molar-refractivity contribution is 0.277. The topological polar surface area (TPSA) is 46.3 Å². The molecule has 0 radical (unpaired) electrons. The van der Waals surface area contributed by atoms with Gasteiger partial charge in [0.15, 0.2) is 12.2 Å². The van der Waals surface area contributed by atoms with Gasteiger partial charge in [-0.1, -0.05) is 11.6 Å². The number of aromatic nitrogens is 1. The van der Waals surface area contributed by atoms with E-state index in [4.69, 9.17) is 21.1 Å². The van der Waals surface area contributed by atoms with Crippen LogP contribution in [0.4, 0.5) is 0 Å². The molecular weight excluding hydrogens is 210 g/mol. The molecule has 0 saturated carbocycles. The molecule has 0 aliphatic heterocycles. The smallest absolute Gasteiger partial charge is 0.181 e. The molecule has 5 heteroatoms.